The molecule has 0 unspecified atom stereocenters. The summed E-state index contributed by atoms with van der Waals surface area (Å²) < 4.78 is 0.700. The molecule has 0 N–H and O–H groups in total. The third kappa shape index (κ3) is 1.80. The minimum atomic E-state index is 0.700. The minimum absolute atomic E-state index is 0.700. The maximum Gasteiger partial charge on any atom is 0.0751 e. The molecule has 1 aromatic carbocycles. The van der Waals surface area contributed by atoms with E-state index >= 15 is 0 Å². The van der Waals surface area contributed by atoms with Crippen LogP contribution in [0, 0.1) is 6.92 Å². The third-order valence-corrected chi connectivity index (χ3v) is 5.08. The highest BCUT2D eigenvalue weighted by Gasteiger charge is 2.17. The van der Waals surface area contributed by atoms with Crippen molar-refractivity contribution in [1.82, 2.24) is 0 Å². The van der Waals surface area contributed by atoms with Gasteiger partial charge in [-0.15, -0.1) is 23.5 Å². The number of thioether (sulfide) groups is 2. The first-order chi connectivity index (χ1) is 5.86. The van der Waals surface area contributed by atoms with Crippen LogP contribution in [-0.4, -0.2) is 11.5 Å². The van der Waals surface area contributed by atoms with Gasteiger partial charge in [0.15, 0.2) is 0 Å². The first kappa shape index (κ1) is 8.52. The van der Waals surface area contributed by atoms with E-state index in [1.165, 1.54) is 22.6 Å². The van der Waals surface area contributed by atoms with Crippen LogP contribution in [0.2, 0.25) is 0 Å². The van der Waals surface area contributed by atoms with Gasteiger partial charge < -0.3 is 0 Å². The molecule has 0 spiro atoms. The predicted octanol–water partition coefficient (Wildman–Crippen LogP) is 3.47. The average Bonchev–Trinajstić information content (AvgIpc) is 2.58. The summed E-state index contributed by atoms with van der Waals surface area (Å²) in [6.07, 6.45) is 0. The van der Waals surface area contributed by atoms with Crippen LogP contribution < -0.4 is 0 Å². The Morgan fingerprint density at radius 3 is 2.25 bits per heavy atom. The lowest BCUT2D eigenvalue weighted by Crippen LogP contribution is -1.83. The van der Waals surface area contributed by atoms with Gasteiger partial charge in [0.1, 0.15) is 0 Å². The SMILES string of the molecule is Cc1ccc(C2SCCS2)cc1. The molecule has 0 aliphatic carbocycles. The zero-order chi connectivity index (χ0) is 8.39. The van der Waals surface area contributed by atoms with Crippen molar-refractivity contribution >= 4 is 23.5 Å². The molecule has 0 nitrogen and oxygen atoms in total. The van der Waals surface area contributed by atoms with Gasteiger partial charge in [-0.2, -0.15) is 0 Å². The van der Waals surface area contributed by atoms with Crippen LogP contribution in [0.4, 0.5) is 0 Å². The van der Waals surface area contributed by atoms with Crippen LogP contribution in [0.25, 0.3) is 0 Å². The molecule has 0 amide bonds. The Morgan fingerprint density at radius 1 is 1.08 bits per heavy atom. The van der Waals surface area contributed by atoms with Crippen molar-refractivity contribution in [2.24, 2.45) is 0 Å². The van der Waals surface area contributed by atoms with E-state index in [2.05, 4.69) is 54.7 Å². The van der Waals surface area contributed by atoms with E-state index in [1.54, 1.807) is 0 Å². The molecule has 0 saturated carbocycles. The second-order valence-corrected chi connectivity index (χ2v) is 5.71. The molecule has 0 aromatic heterocycles. The number of hydrogen-bond donors (Lipinski definition) is 0. The molecule has 2 heteroatoms. The molecule has 0 radical (unpaired) electrons. The van der Waals surface area contributed by atoms with E-state index in [-0.39, 0.29) is 0 Å². The van der Waals surface area contributed by atoms with E-state index in [0.717, 1.165) is 0 Å². The van der Waals surface area contributed by atoms with Gasteiger partial charge in [-0.1, -0.05) is 29.8 Å². The molecule has 0 bridgehead atoms. The maximum atomic E-state index is 2.26. The van der Waals surface area contributed by atoms with Gasteiger partial charge in [0.2, 0.25) is 0 Å². The summed E-state index contributed by atoms with van der Waals surface area (Å²) >= 11 is 4.13. The van der Waals surface area contributed by atoms with Crippen molar-refractivity contribution in [3.05, 3.63) is 35.4 Å². The number of rotatable bonds is 1. The molecule has 1 heterocycles. The van der Waals surface area contributed by atoms with Crippen molar-refractivity contribution in [2.75, 3.05) is 11.5 Å². The number of aryl methyl sites for hydroxylation is 1. The van der Waals surface area contributed by atoms with E-state index in [1.807, 2.05) is 0 Å². The standard InChI is InChI=1S/C10H12S2/c1-8-2-4-9(5-3-8)10-11-6-7-12-10/h2-5,10H,6-7H2,1H3. The molecule has 12 heavy (non-hydrogen) atoms. The van der Waals surface area contributed by atoms with Gasteiger partial charge in [-0.05, 0) is 12.5 Å². The summed E-state index contributed by atoms with van der Waals surface area (Å²) in [5.41, 5.74) is 2.83. The smallest absolute Gasteiger partial charge is 0.0751 e. The van der Waals surface area contributed by atoms with E-state index in [9.17, 15) is 0 Å². The van der Waals surface area contributed by atoms with Crippen LogP contribution >= 0.6 is 23.5 Å². The quantitative estimate of drug-likeness (QED) is 0.674. The molecule has 2 rings (SSSR count). The van der Waals surface area contributed by atoms with Gasteiger partial charge >= 0.3 is 0 Å². The first-order valence-corrected chi connectivity index (χ1v) is 6.26. The highest BCUT2D eigenvalue weighted by Crippen LogP contribution is 2.44. The first-order valence-electron chi connectivity index (χ1n) is 4.16. The molecule has 1 aliphatic heterocycles. The van der Waals surface area contributed by atoms with E-state index in [4.69, 9.17) is 0 Å². The fraction of sp³-hybridized carbons (Fsp3) is 0.400. The molecular weight excluding hydrogens is 184 g/mol. The van der Waals surface area contributed by atoms with Gasteiger partial charge in [0.05, 0.1) is 4.58 Å². The Hall–Kier alpha value is -0.0800. The molecule has 1 aromatic rings. The maximum absolute atomic E-state index is 2.26. The Balaban J connectivity index is 2.17. The molecule has 1 fully saturated rings. The van der Waals surface area contributed by atoms with E-state index in [0.29, 0.717) is 4.58 Å². The lowest BCUT2D eigenvalue weighted by atomic mass is 10.2. The van der Waals surface area contributed by atoms with Crippen LogP contribution in [0.15, 0.2) is 24.3 Å². The Labute approximate surface area is 82.1 Å². The molecule has 64 valence electrons. The van der Waals surface area contributed by atoms with Crippen LogP contribution in [-0.2, 0) is 0 Å². The summed E-state index contributed by atoms with van der Waals surface area (Å²) in [7, 11) is 0. The largest absolute Gasteiger partial charge is 0.142 e. The average molecular weight is 196 g/mol. The zero-order valence-corrected chi connectivity index (χ0v) is 8.75. The van der Waals surface area contributed by atoms with Gasteiger partial charge in [-0.25, -0.2) is 0 Å². The topological polar surface area (TPSA) is 0 Å². The lowest BCUT2D eigenvalue weighted by Gasteiger charge is -2.07. The molecule has 1 aliphatic rings. The number of hydrogen-bond acceptors (Lipinski definition) is 2. The summed E-state index contributed by atoms with van der Waals surface area (Å²) in [5, 5.41) is 0. The fourth-order valence-electron chi connectivity index (χ4n) is 1.27. The highest BCUT2D eigenvalue weighted by atomic mass is 32.2. The summed E-state index contributed by atoms with van der Waals surface area (Å²) in [4.78, 5) is 0. The molecular formula is C10H12S2. The minimum Gasteiger partial charge on any atom is -0.142 e. The van der Waals surface area contributed by atoms with Gasteiger partial charge in [0, 0.05) is 11.5 Å². The Morgan fingerprint density at radius 2 is 1.67 bits per heavy atom. The second kappa shape index (κ2) is 3.75. The Kier molecular flexibility index (Phi) is 2.66. The highest BCUT2D eigenvalue weighted by molar-refractivity contribution is 8.19. The second-order valence-electron chi connectivity index (χ2n) is 2.98. The van der Waals surface area contributed by atoms with Gasteiger partial charge in [-0.3, -0.25) is 0 Å². The zero-order valence-electron chi connectivity index (χ0n) is 7.12. The summed E-state index contributed by atoms with van der Waals surface area (Å²) in [5.74, 6) is 2.62. The number of benzene rings is 1. The molecule has 1 saturated heterocycles. The monoisotopic (exact) mass is 196 g/mol. The summed E-state index contributed by atoms with van der Waals surface area (Å²) in [6.45, 7) is 2.14. The fourth-order valence-corrected chi connectivity index (χ4v) is 4.13. The van der Waals surface area contributed by atoms with E-state index < -0.39 is 0 Å². The molecule has 0 atom stereocenters. The summed E-state index contributed by atoms with van der Waals surface area (Å²) in [6, 6.07) is 8.92. The normalized spacial score (nSPS) is 18.4. The predicted molar refractivity (Wildman–Crippen MR) is 58.8 cm³/mol. The van der Waals surface area contributed by atoms with Crippen molar-refractivity contribution < 1.29 is 0 Å². The van der Waals surface area contributed by atoms with Crippen molar-refractivity contribution in [2.45, 2.75) is 11.5 Å². The van der Waals surface area contributed by atoms with Crippen molar-refractivity contribution in [1.29, 1.82) is 0 Å². The Bertz CT molecular complexity index is 247. The van der Waals surface area contributed by atoms with Crippen molar-refractivity contribution in [3.8, 4) is 0 Å². The lowest BCUT2D eigenvalue weighted by molar-refractivity contribution is 1.35. The third-order valence-electron chi connectivity index (χ3n) is 1.97. The van der Waals surface area contributed by atoms with Crippen LogP contribution in [0.5, 0.6) is 0 Å². The van der Waals surface area contributed by atoms with Crippen LogP contribution in [0.1, 0.15) is 15.7 Å². The van der Waals surface area contributed by atoms with Gasteiger partial charge in [0.25, 0.3) is 0 Å². The van der Waals surface area contributed by atoms with Crippen LogP contribution in [0.3, 0.4) is 0 Å². The van der Waals surface area contributed by atoms with Crippen molar-refractivity contribution in [3.63, 3.8) is 0 Å².